The normalized spacial score (nSPS) is 11.4. The van der Waals surface area contributed by atoms with Crippen molar-refractivity contribution in [3.8, 4) is 5.75 Å². The predicted molar refractivity (Wildman–Crippen MR) is 78.9 cm³/mol. The van der Waals surface area contributed by atoms with Crippen LogP contribution >= 0.6 is 0 Å². The Morgan fingerprint density at radius 1 is 1.00 bits per heavy atom. The maximum absolute atomic E-state index is 12.1. The molecule has 0 radical (unpaired) electrons. The van der Waals surface area contributed by atoms with E-state index in [1.165, 1.54) is 30.3 Å². The molecule has 23 heavy (non-hydrogen) atoms. The van der Waals surface area contributed by atoms with Gasteiger partial charge in [0.05, 0.1) is 5.69 Å². The molecule has 3 aromatic rings. The van der Waals surface area contributed by atoms with Crippen molar-refractivity contribution in [3.63, 3.8) is 0 Å². The molecule has 0 bridgehead atoms. The SMILES string of the molecule is O=c1cc(Nc2ccc(OC(F)(F)F)cc2)c2ccccc2o1. The average molecular weight is 321 g/mol. The monoisotopic (exact) mass is 321 g/mol. The van der Waals surface area contributed by atoms with Crippen LogP contribution in [-0.2, 0) is 0 Å². The van der Waals surface area contributed by atoms with Crippen LogP contribution in [0.2, 0.25) is 0 Å². The van der Waals surface area contributed by atoms with Crippen molar-refractivity contribution in [3.05, 3.63) is 65.0 Å². The molecule has 0 aliphatic carbocycles. The van der Waals surface area contributed by atoms with Crippen molar-refractivity contribution in [2.45, 2.75) is 6.36 Å². The van der Waals surface area contributed by atoms with Gasteiger partial charge in [0.2, 0.25) is 0 Å². The molecule has 3 rings (SSSR count). The largest absolute Gasteiger partial charge is 0.573 e. The zero-order valence-corrected chi connectivity index (χ0v) is 11.6. The van der Waals surface area contributed by atoms with E-state index in [1.54, 1.807) is 24.3 Å². The number of rotatable bonds is 3. The standard InChI is InChI=1S/C16H10F3NO3/c17-16(18,19)23-11-7-5-10(6-8-11)20-13-9-15(21)22-14-4-2-1-3-12(13)14/h1-9,20H. The van der Waals surface area contributed by atoms with Gasteiger partial charge in [-0.05, 0) is 36.4 Å². The Balaban J connectivity index is 1.89. The summed E-state index contributed by atoms with van der Waals surface area (Å²) in [5.74, 6) is -0.319. The maximum Gasteiger partial charge on any atom is 0.573 e. The molecule has 0 spiro atoms. The highest BCUT2D eigenvalue weighted by Crippen LogP contribution is 2.27. The lowest BCUT2D eigenvalue weighted by Gasteiger charge is -2.11. The molecule has 0 fully saturated rings. The highest BCUT2D eigenvalue weighted by atomic mass is 19.4. The predicted octanol–water partition coefficient (Wildman–Crippen LogP) is 4.44. The van der Waals surface area contributed by atoms with E-state index >= 15 is 0 Å². The molecular formula is C16H10F3NO3. The van der Waals surface area contributed by atoms with Gasteiger partial charge >= 0.3 is 12.0 Å². The molecule has 2 aromatic carbocycles. The van der Waals surface area contributed by atoms with E-state index in [2.05, 4.69) is 10.1 Å². The number of benzene rings is 2. The number of nitrogens with one attached hydrogen (secondary N) is 1. The lowest BCUT2D eigenvalue weighted by molar-refractivity contribution is -0.274. The molecule has 0 amide bonds. The molecule has 1 heterocycles. The summed E-state index contributed by atoms with van der Waals surface area (Å²) in [7, 11) is 0. The number of anilines is 2. The average Bonchev–Trinajstić information content (AvgIpc) is 2.47. The molecule has 0 aliphatic heterocycles. The Morgan fingerprint density at radius 2 is 1.70 bits per heavy atom. The summed E-state index contributed by atoms with van der Waals surface area (Å²) in [5, 5.41) is 3.66. The highest BCUT2D eigenvalue weighted by molar-refractivity contribution is 5.91. The van der Waals surface area contributed by atoms with Gasteiger partial charge in [0.1, 0.15) is 11.3 Å². The quantitative estimate of drug-likeness (QED) is 0.725. The molecule has 7 heteroatoms. The second-order valence-corrected chi connectivity index (χ2v) is 4.67. The van der Waals surface area contributed by atoms with Gasteiger partial charge in [-0.25, -0.2) is 4.79 Å². The third kappa shape index (κ3) is 3.63. The molecule has 1 aromatic heterocycles. The van der Waals surface area contributed by atoms with Crippen molar-refractivity contribution in [1.29, 1.82) is 0 Å². The number of fused-ring (bicyclic) bond motifs is 1. The van der Waals surface area contributed by atoms with Gasteiger partial charge in [0.25, 0.3) is 0 Å². The minimum absolute atomic E-state index is 0.319. The third-order valence-corrected chi connectivity index (χ3v) is 3.02. The van der Waals surface area contributed by atoms with E-state index in [0.717, 1.165) is 0 Å². The minimum atomic E-state index is -4.73. The first-order chi connectivity index (χ1) is 10.9. The van der Waals surface area contributed by atoms with Crippen LogP contribution in [0.15, 0.2) is 63.8 Å². The lowest BCUT2D eigenvalue weighted by Crippen LogP contribution is -2.16. The fourth-order valence-electron chi connectivity index (χ4n) is 2.11. The molecular weight excluding hydrogens is 311 g/mol. The van der Waals surface area contributed by atoms with Crippen LogP contribution in [0, 0.1) is 0 Å². The minimum Gasteiger partial charge on any atom is -0.423 e. The van der Waals surface area contributed by atoms with Gasteiger partial charge in [-0.1, -0.05) is 12.1 Å². The van der Waals surface area contributed by atoms with Crippen molar-refractivity contribution >= 4 is 22.3 Å². The van der Waals surface area contributed by atoms with Crippen LogP contribution in [-0.4, -0.2) is 6.36 Å². The van der Waals surface area contributed by atoms with Gasteiger partial charge in [-0.3, -0.25) is 0 Å². The first-order valence-electron chi connectivity index (χ1n) is 6.56. The van der Waals surface area contributed by atoms with E-state index < -0.39 is 12.0 Å². The van der Waals surface area contributed by atoms with Gasteiger partial charge in [-0.2, -0.15) is 0 Å². The molecule has 0 saturated heterocycles. The van der Waals surface area contributed by atoms with E-state index in [0.29, 0.717) is 22.3 Å². The fraction of sp³-hybridized carbons (Fsp3) is 0.0625. The first-order valence-corrected chi connectivity index (χ1v) is 6.56. The summed E-state index contributed by atoms with van der Waals surface area (Å²) in [5.41, 5.74) is 0.902. The Bertz CT molecular complexity index is 885. The summed E-state index contributed by atoms with van der Waals surface area (Å²) in [4.78, 5) is 11.6. The van der Waals surface area contributed by atoms with E-state index in [-0.39, 0.29) is 5.75 Å². The van der Waals surface area contributed by atoms with Crippen molar-refractivity contribution in [1.82, 2.24) is 0 Å². The van der Waals surface area contributed by atoms with Crippen molar-refractivity contribution in [2.75, 3.05) is 5.32 Å². The van der Waals surface area contributed by atoms with Crippen LogP contribution in [0.25, 0.3) is 11.0 Å². The molecule has 0 aliphatic rings. The lowest BCUT2D eigenvalue weighted by atomic mass is 10.2. The van der Waals surface area contributed by atoms with E-state index in [9.17, 15) is 18.0 Å². The number of hydrogen-bond donors (Lipinski definition) is 1. The molecule has 0 unspecified atom stereocenters. The topological polar surface area (TPSA) is 51.5 Å². The number of para-hydroxylation sites is 1. The molecule has 4 nitrogen and oxygen atoms in total. The van der Waals surface area contributed by atoms with Crippen molar-refractivity contribution < 1.29 is 22.3 Å². The smallest absolute Gasteiger partial charge is 0.423 e. The van der Waals surface area contributed by atoms with Crippen LogP contribution < -0.4 is 15.7 Å². The summed E-state index contributed by atoms with van der Waals surface area (Å²) in [6.07, 6.45) is -4.73. The van der Waals surface area contributed by atoms with E-state index in [4.69, 9.17) is 4.42 Å². The highest BCUT2D eigenvalue weighted by Gasteiger charge is 2.30. The van der Waals surface area contributed by atoms with Crippen LogP contribution in [0.5, 0.6) is 5.75 Å². The van der Waals surface area contributed by atoms with Gasteiger partial charge in [0, 0.05) is 17.1 Å². The van der Waals surface area contributed by atoms with Gasteiger partial charge in [0.15, 0.2) is 0 Å². The summed E-state index contributed by atoms with van der Waals surface area (Å²) in [6.45, 7) is 0. The molecule has 0 saturated carbocycles. The molecule has 1 N–H and O–H groups in total. The molecule has 118 valence electrons. The zero-order valence-electron chi connectivity index (χ0n) is 11.6. The number of alkyl halides is 3. The number of halogens is 3. The second-order valence-electron chi connectivity index (χ2n) is 4.67. The zero-order chi connectivity index (χ0) is 16.4. The van der Waals surface area contributed by atoms with Gasteiger partial charge < -0.3 is 14.5 Å². The Hall–Kier alpha value is -2.96. The molecule has 0 atom stereocenters. The van der Waals surface area contributed by atoms with Crippen molar-refractivity contribution in [2.24, 2.45) is 0 Å². The fourth-order valence-corrected chi connectivity index (χ4v) is 2.11. The van der Waals surface area contributed by atoms with Gasteiger partial charge in [-0.15, -0.1) is 13.2 Å². The number of hydrogen-bond acceptors (Lipinski definition) is 4. The maximum atomic E-state index is 12.1. The Morgan fingerprint density at radius 3 is 2.39 bits per heavy atom. The Labute approximate surface area is 128 Å². The number of ether oxygens (including phenoxy) is 1. The Kier molecular flexibility index (Phi) is 3.69. The first kappa shape index (κ1) is 15.0. The summed E-state index contributed by atoms with van der Waals surface area (Å²) in [6, 6.07) is 13.4. The summed E-state index contributed by atoms with van der Waals surface area (Å²) < 4.78 is 45.3. The van der Waals surface area contributed by atoms with E-state index in [1.807, 2.05) is 0 Å². The second kappa shape index (κ2) is 5.68. The third-order valence-electron chi connectivity index (χ3n) is 3.02. The summed E-state index contributed by atoms with van der Waals surface area (Å²) >= 11 is 0. The van der Waals surface area contributed by atoms with Crippen LogP contribution in [0.3, 0.4) is 0 Å². The van der Waals surface area contributed by atoms with Crippen LogP contribution in [0.1, 0.15) is 0 Å². The van der Waals surface area contributed by atoms with Crippen LogP contribution in [0.4, 0.5) is 24.5 Å².